The fourth-order valence-corrected chi connectivity index (χ4v) is 1.90. The molecule has 0 unspecified atom stereocenters. The molecule has 0 aliphatic heterocycles. The van der Waals surface area contributed by atoms with Gasteiger partial charge in [-0.1, -0.05) is 33.6 Å². The maximum absolute atomic E-state index is 13.5. The molecule has 0 heterocycles. The van der Waals surface area contributed by atoms with Gasteiger partial charge in [-0.2, -0.15) is 0 Å². The largest absolute Gasteiger partial charge is 0.481 e. The first-order valence-electron chi connectivity index (χ1n) is 5.99. The van der Waals surface area contributed by atoms with Gasteiger partial charge in [-0.15, -0.1) is 0 Å². The monoisotopic (exact) mass is 337 g/mol. The van der Waals surface area contributed by atoms with Crippen molar-refractivity contribution < 1.29 is 13.9 Å². The van der Waals surface area contributed by atoms with Gasteiger partial charge in [-0.25, -0.2) is 4.39 Å². The standard InChI is InChI=1S/C15H13BrFNO2/c1-10-2-5-12(6-3-10)18-15(19)9-20-14-7-4-11(16)8-13(14)17/h2-8H,9H2,1H3,(H,18,19). The smallest absolute Gasteiger partial charge is 0.262 e. The highest BCUT2D eigenvalue weighted by atomic mass is 79.9. The van der Waals surface area contributed by atoms with Gasteiger partial charge in [0.05, 0.1) is 0 Å². The highest BCUT2D eigenvalue weighted by molar-refractivity contribution is 9.10. The van der Waals surface area contributed by atoms with Crippen molar-refractivity contribution in [3.05, 3.63) is 58.3 Å². The number of rotatable bonds is 4. The average Bonchev–Trinajstić information content (AvgIpc) is 2.40. The van der Waals surface area contributed by atoms with Gasteiger partial charge < -0.3 is 10.1 Å². The first kappa shape index (κ1) is 14.5. The van der Waals surface area contributed by atoms with Crippen LogP contribution in [-0.2, 0) is 4.79 Å². The molecule has 0 aliphatic rings. The molecule has 0 fully saturated rings. The van der Waals surface area contributed by atoms with Crippen LogP contribution in [0.2, 0.25) is 0 Å². The Morgan fingerprint density at radius 3 is 2.60 bits per heavy atom. The zero-order valence-electron chi connectivity index (χ0n) is 10.8. The van der Waals surface area contributed by atoms with E-state index in [-0.39, 0.29) is 18.3 Å². The third-order valence-electron chi connectivity index (χ3n) is 2.59. The molecule has 0 saturated heterocycles. The first-order chi connectivity index (χ1) is 9.54. The zero-order chi connectivity index (χ0) is 14.5. The Balaban J connectivity index is 1.90. The van der Waals surface area contributed by atoms with Gasteiger partial charge in [0.1, 0.15) is 0 Å². The predicted molar refractivity (Wildman–Crippen MR) is 79.4 cm³/mol. The summed E-state index contributed by atoms with van der Waals surface area (Å²) in [6, 6.07) is 11.8. The van der Waals surface area contributed by atoms with Crippen molar-refractivity contribution >= 4 is 27.5 Å². The van der Waals surface area contributed by atoms with Gasteiger partial charge in [-0.05, 0) is 37.3 Å². The Kier molecular flexibility index (Phi) is 4.74. The van der Waals surface area contributed by atoms with Gasteiger partial charge in [-0.3, -0.25) is 4.79 Å². The predicted octanol–water partition coefficient (Wildman–Crippen LogP) is 3.91. The van der Waals surface area contributed by atoms with E-state index in [1.54, 1.807) is 18.2 Å². The molecule has 5 heteroatoms. The Hall–Kier alpha value is -1.88. The molecule has 1 N–H and O–H groups in total. The zero-order valence-corrected chi connectivity index (χ0v) is 12.4. The summed E-state index contributed by atoms with van der Waals surface area (Å²) in [5.74, 6) is -0.800. The van der Waals surface area contributed by atoms with Gasteiger partial charge in [0.25, 0.3) is 5.91 Å². The van der Waals surface area contributed by atoms with E-state index in [1.807, 2.05) is 19.1 Å². The van der Waals surface area contributed by atoms with E-state index in [1.165, 1.54) is 12.1 Å². The molecule has 0 aliphatic carbocycles. The van der Waals surface area contributed by atoms with E-state index in [9.17, 15) is 9.18 Å². The van der Waals surface area contributed by atoms with Crippen molar-refractivity contribution in [2.75, 3.05) is 11.9 Å². The summed E-state index contributed by atoms with van der Waals surface area (Å²) in [4.78, 5) is 11.7. The number of carbonyl (C=O) groups is 1. The number of benzene rings is 2. The lowest BCUT2D eigenvalue weighted by atomic mass is 10.2. The SMILES string of the molecule is Cc1ccc(NC(=O)COc2ccc(Br)cc2F)cc1. The number of amides is 1. The maximum Gasteiger partial charge on any atom is 0.262 e. The maximum atomic E-state index is 13.5. The van der Waals surface area contributed by atoms with Crippen molar-refractivity contribution in [2.24, 2.45) is 0 Å². The van der Waals surface area contributed by atoms with Gasteiger partial charge in [0.15, 0.2) is 18.2 Å². The van der Waals surface area contributed by atoms with Crippen molar-refractivity contribution in [1.82, 2.24) is 0 Å². The molecule has 0 bridgehead atoms. The number of ether oxygens (including phenoxy) is 1. The van der Waals surface area contributed by atoms with E-state index >= 15 is 0 Å². The molecule has 1 amide bonds. The number of aryl methyl sites for hydroxylation is 1. The van der Waals surface area contributed by atoms with Crippen molar-refractivity contribution in [3.63, 3.8) is 0 Å². The molecule has 0 spiro atoms. The summed E-state index contributed by atoms with van der Waals surface area (Å²) in [6.07, 6.45) is 0. The number of anilines is 1. The second-order valence-electron chi connectivity index (χ2n) is 4.28. The third kappa shape index (κ3) is 4.06. The van der Waals surface area contributed by atoms with E-state index < -0.39 is 5.82 Å². The molecule has 3 nitrogen and oxygen atoms in total. The van der Waals surface area contributed by atoms with Gasteiger partial charge in [0.2, 0.25) is 0 Å². The summed E-state index contributed by atoms with van der Waals surface area (Å²) in [5.41, 5.74) is 1.79. The van der Waals surface area contributed by atoms with Crippen LogP contribution in [0.4, 0.5) is 10.1 Å². The molecule has 20 heavy (non-hydrogen) atoms. The summed E-state index contributed by atoms with van der Waals surface area (Å²) < 4.78 is 19.2. The number of halogens is 2. The van der Waals surface area contributed by atoms with Crippen molar-refractivity contribution in [3.8, 4) is 5.75 Å². The van der Waals surface area contributed by atoms with E-state index in [0.29, 0.717) is 10.2 Å². The van der Waals surface area contributed by atoms with Crippen molar-refractivity contribution in [2.45, 2.75) is 6.92 Å². The minimum Gasteiger partial charge on any atom is -0.481 e. The summed E-state index contributed by atoms with van der Waals surface area (Å²) >= 11 is 3.15. The van der Waals surface area contributed by atoms with Crippen LogP contribution in [0.5, 0.6) is 5.75 Å². The second-order valence-corrected chi connectivity index (χ2v) is 5.19. The topological polar surface area (TPSA) is 38.3 Å². The Morgan fingerprint density at radius 1 is 1.25 bits per heavy atom. The molecule has 0 aromatic heterocycles. The molecular weight excluding hydrogens is 325 g/mol. The summed E-state index contributed by atoms with van der Waals surface area (Å²) in [7, 11) is 0. The van der Waals surface area contributed by atoms with Crippen LogP contribution in [0.1, 0.15) is 5.56 Å². The second kappa shape index (κ2) is 6.52. The van der Waals surface area contributed by atoms with Gasteiger partial charge in [0, 0.05) is 10.2 Å². The van der Waals surface area contributed by atoms with Crippen LogP contribution in [0.3, 0.4) is 0 Å². The molecule has 0 radical (unpaired) electrons. The lowest BCUT2D eigenvalue weighted by molar-refractivity contribution is -0.118. The molecule has 2 rings (SSSR count). The highest BCUT2D eigenvalue weighted by Gasteiger charge is 2.07. The first-order valence-corrected chi connectivity index (χ1v) is 6.78. The number of hydrogen-bond donors (Lipinski definition) is 1. The lowest BCUT2D eigenvalue weighted by Gasteiger charge is -2.08. The average molecular weight is 338 g/mol. The number of hydrogen-bond acceptors (Lipinski definition) is 2. The molecule has 0 saturated carbocycles. The van der Waals surface area contributed by atoms with Crippen LogP contribution in [0.15, 0.2) is 46.9 Å². The Morgan fingerprint density at radius 2 is 1.95 bits per heavy atom. The third-order valence-corrected chi connectivity index (χ3v) is 3.08. The minimum atomic E-state index is -0.512. The molecule has 2 aromatic rings. The molecule has 104 valence electrons. The number of nitrogens with one attached hydrogen (secondary N) is 1. The Bertz CT molecular complexity index is 614. The quantitative estimate of drug-likeness (QED) is 0.918. The lowest BCUT2D eigenvalue weighted by Crippen LogP contribution is -2.20. The molecular formula is C15H13BrFNO2. The Labute approximate surface area is 124 Å². The fourth-order valence-electron chi connectivity index (χ4n) is 1.57. The minimum absolute atomic E-state index is 0.0484. The highest BCUT2D eigenvalue weighted by Crippen LogP contribution is 2.21. The molecule has 0 atom stereocenters. The summed E-state index contributed by atoms with van der Waals surface area (Å²) in [6.45, 7) is 1.72. The fraction of sp³-hybridized carbons (Fsp3) is 0.133. The van der Waals surface area contributed by atoms with Crippen LogP contribution in [-0.4, -0.2) is 12.5 Å². The van der Waals surface area contributed by atoms with Crippen LogP contribution in [0, 0.1) is 12.7 Å². The van der Waals surface area contributed by atoms with Crippen LogP contribution >= 0.6 is 15.9 Å². The van der Waals surface area contributed by atoms with Gasteiger partial charge >= 0.3 is 0 Å². The van der Waals surface area contributed by atoms with E-state index in [2.05, 4.69) is 21.2 Å². The van der Waals surface area contributed by atoms with Crippen molar-refractivity contribution in [1.29, 1.82) is 0 Å². The molecule has 2 aromatic carbocycles. The van der Waals surface area contributed by atoms with Crippen LogP contribution in [0.25, 0.3) is 0 Å². The van der Waals surface area contributed by atoms with Crippen LogP contribution < -0.4 is 10.1 Å². The normalized spacial score (nSPS) is 10.2. The van der Waals surface area contributed by atoms with E-state index in [0.717, 1.165) is 5.56 Å². The van der Waals surface area contributed by atoms with E-state index in [4.69, 9.17) is 4.74 Å². The number of carbonyl (C=O) groups excluding carboxylic acids is 1. The summed E-state index contributed by atoms with van der Waals surface area (Å²) in [5, 5.41) is 2.67.